The first-order valence-corrected chi connectivity index (χ1v) is 4.92. The van der Waals surface area contributed by atoms with E-state index in [1.807, 2.05) is 24.3 Å². The van der Waals surface area contributed by atoms with Crippen LogP contribution < -0.4 is 0 Å². The molecule has 1 heterocycles. The van der Waals surface area contributed by atoms with Gasteiger partial charge >= 0.3 is 0 Å². The van der Waals surface area contributed by atoms with Gasteiger partial charge in [0.15, 0.2) is 0 Å². The van der Waals surface area contributed by atoms with Crippen molar-refractivity contribution in [2.45, 2.75) is 0 Å². The minimum Gasteiger partial charge on any atom is -0.507 e. The molecule has 0 amide bonds. The van der Waals surface area contributed by atoms with Gasteiger partial charge in [-0.2, -0.15) is 8.73 Å². The van der Waals surface area contributed by atoms with Crippen LogP contribution in [0.4, 0.5) is 11.4 Å². The van der Waals surface area contributed by atoms with Crippen molar-refractivity contribution in [1.82, 2.24) is 0 Å². The fourth-order valence-corrected chi connectivity index (χ4v) is 2.14. The van der Waals surface area contributed by atoms with Gasteiger partial charge < -0.3 is 5.11 Å². The van der Waals surface area contributed by atoms with Gasteiger partial charge in [-0.1, -0.05) is 12.1 Å². The molecule has 0 saturated heterocycles. The molecule has 0 atom stereocenters. The summed E-state index contributed by atoms with van der Waals surface area (Å²) in [7, 11) is 0. The normalized spacial score (nSPS) is 12.9. The quantitative estimate of drug-likeness (QED) is 0.597. The van der Waals surface area contributed by atoms with E-state index < -0.39 is 0 Å². The molecule has 0 spiro atoms. The summed E-state index contributed by atoms with van der Waals surface area (Å²) in [6.45, 7) is 0. The molecule has 1 aliphatic heterocycles. The fraction of sp³-hybridized carbons (Fsp3) is 0. The van der Waals surface area contributed by atoms with Crippen molar-refractivity contribution in [3.05, 3.63) is 30.3 Å². The molecule has 0 aliphatic carbocycles. The van der Waals surface area contributed by atoms with Gasteiger partial charge in [-0.15, -0.1) is 0 Å². The average molecular weight is 202 g/mol. The molecule has 2 aromatic rings. The van der Waals surface area contributed by atoms with Gasteiger partial charge in [-0.25, -0.2) is 0 Å². The van der Waals surface area contributed by atoms with Crippen molar-refractivity contribution in [2.24, 2.45) is 8.73 Å². The number of nitrogens with zero attached hydrogens (tertiary/aromatic N) is 2. The molecule has 0 bridgehead atoms. The van der Waals surface area contributed by atoms with Gasteiger partial charge in [0, 0.05) is 10.8 Å². The van der Waals surface area contributed by atoms with Crippen molar-refractivity contribution in [3.8, 4) is 5.75 Å². The Bertz CT molecular complexity index is 600. The van der Waals surface area contributed by atoms with E-state index in [0.717, 1.165) is 22.1 Å². The standard InChI is InChI=1S/C10H6N2OS/c13-9-3-1-2-7-6(9)4-5-8-10(7)12-14-11-8/h1-5,13H. The van der Waals surface area contributed by atoms with E-state index in [4.69, 9.17) is 0 Å². The molecule has 0 aromatic heterocycles. The van der Waals surface area contributed by atoms with Crippen molar-refractivity contribution in [2.75, 3.05) is 0 Å². The first-order chi connectivity index (χ1) is 6.86. The average Bonchev–Trinajstić information content (AvgIpc) is 2.66. The third-order valence-corrected chi connectivity index (χ3v) is 2.80. The van der Waals surface area contributed by atoms with Crippen molar-refractivity contribution < 1.29 is 5.11 Å². The summed E-state index contributed by atoms with van der Waals surface area (Å²) < 4.78 is 8.35. The van der Waals surface area contributed by atoms with Crippen molar-refractivity contribution in [1.29, 1.82) is 0 Å². The van der Waals surface area contributed by atoms with Crippen LogP contribution in [0.25, 0.3) is 10.8 Å². The number of aromatic hydroxyl groups is 1. The van der Waals surface area contributed by atoms with E-state index in [0.29, 0.717) is 0 Å². The zero-order valence-electron chi connectivity index (χ0n) is 7.14. The predicted octanol–water partition coefficient (Wildman–Crippen LogP) is 3.27. The van der Waals surface area contributed by atoms with E-state index in [1.54, 1.807) is 6.07 Å². The maximum absolute atomic E-state index is 9.62. The Labute approximate surface area is 83.9 Å². The predicted molar refractivity (Wildman–Crippen MR) is 57.2 cm³/mol. The summed E-state index contributed by atoms with van der Waals surface area (Å²) in [4.78, 5) is 0. The Morgan fingerprint density at radius 2 is 1.93 bits per heavy atom. The van der Waals surface area contributed by atoms with Crippen LogP contribution in [0.5, 0.6) is 5.75 Å². The lowest BCUT2D eigenvalue weighted by atomic mass is 10.1. The minimum atomic E-state index is 0.289. The summed E-state index contributed by atoms with van der Waals surface area (Å²) in [6.07, 6.45) is 0. The van der Waals surface area contributed by atoms with E-state index >= 15 is 0 Å². The van der Waals surface area contributed by atoms with Gasteiger partial charge in [-0.3, -0.25) is 0 Å². The summed E-state index contributed by atoms with van der Waals surface area (Å²) in [5, 5.41) is 11.4. The highest BCUT2D eigenvalue weighted by Gasteiger charge is 2.10. The van der Waals surface area contributed by atoms with E-state index in [9.17, 15) is 5.11 Å². The Balaban J connectivity index is 2.52. The maximum Gasteiger partial charge on any atom is 0.123 e. The van der Waals surface area contributed by atoms with Crippen LogP contribution in [0.3, 0.4) is 0 Å². The molecular weight excluding hydrogens is 196 g/mol. The second kappa shape index (κ2) is 2.65. The number of phenolic OH excluding ortho intramolecular Hbond substituents is 1. The molecule has 4 heteroatoms. The number of hydrogen-bond donors (Lipinski definition) is 1. The van der Waals surface area contributed by atoms with Crippen LogP contribution in [0.2, 0.25) is 0 Å². The highest BCUT2D eigenvalue weighted by molar-refractivity contribution is 7.58. The van der Waals surface area contributed by atoms with Crippen LogP contribution in [0, 0.1) is 0 Å². The van der Waals surface area contributed by atoms with E-state index in [1.165, 1.54) is 11.4 Å². The summed E-state index contributed by atoms with van der Waals surface area (Å²) in [6, 6.07) is 9.18. The molecule has 1 N–H and O–H groups in total. The van der Waals surface area contributed by atoms with Gasteiger partial charge in [0.05, 0.1) is 11.4 Å². The topological polar surface area (TPSA) is 45.0 Å². The smallest absolute Gasteiger partial charge is 0.123 e. The molecule has 3 rings (SSSR count). The second-order valence-corrected chi connectivity index (χ2v) is 3.60. The van der Waals surface area contributed by atoms with Crippen LogP contribution in [0.1, 0.15) is 0 Å². The minimum absolute atomic E-state index is 0.289. The SMILES string of the molecule is Oc1cccc2c3c(ccc12)N=S=N3. The highest BCUT2D eigenvalue weighted by Crippen LogP contribution is 2.40. The first kappa shape index (κ1) is 7.70. The van der Waals surface area contributed by atoms with Crippen LogP contribution in [0.15, 0.2) is 39.1 Å². The number of rotatable bonds is 0. The lowest BCUT2D eigenvalue weighted by Crippen LogP contribution is -1.74. The molecule has 0 saturated carbocycles. The molecule has 0 fully saturated rings. The highest BCUT2D eigenvalue weighted by atomic mass is 32.1. The molecule has 2 aromatic carbocycles. The van der Waals surface area contributed by atoms with Crippen molar-refractivity contribution >= 4 is 33.5 Å². The molecule has 68 valence electrons. The zero-order chi connectivity index (χ0) is 9.54. The Morgan fingerprint density at radius 3 is 2.86 bits per heavy atom. The van der Waals surface area contributed by atoms with Gasteiger partial charge in [0.2, 0.25) is 0 Å². The number of hydrogen-bond acceptors (Lipinski definition) is 3. The van der Waals surface area contributed by atoms with Crippen LogP contribution in [-0.2, 0) is 11.4 Å². The maximum atomic E-state index is 9.62. The molecule has 3 nitrogen and oxygen atoms in total. The van der Waals surface area contributed by atoms with Gasteiger partial charge in [-0.05, 0) is 18.2 Å². The lowest BCUT2D eigenvalue weighted by Gasteiger charge is -2.02. The molecular formula is C10H6N2OS. The summed E-state index contributed by atoms with van der Waals surface area (Å²) in [5.74, 6) is 0.289. The number of benzene rings is 2. The Kier molecular flexibility index (Phi) is 1.46. The van der Waals surface area contributed by atoms with Gasteiger partial charge in [0.1, 0.15) is 17.1 Å². The summed E-state index contributed by atoms with van der Waals surface area (Å²) >= 11 is 1.19. The third kappa shape index (κ3) is 0.914. The zero-order valence-corrected chi connectivity index (χ0v) is 7.95. The first-order valence-electron chi connectivity index (χ1n) is 4.19. The number of fused-ring (bicyclic) bond motifs is 3. The second-order valence-electron chi connectivity index (χ2n) is 3.07. The molecule has 0 radical (unpaired) electrons. The molecule has 0 unspecified atom stereocenters. The van der Waals surface area contributed by atoms with Gasteiger partial charge in [0.25, 0.3) is 0 Å². The Morgan fingerprint density at radius 1 is 1.00 bits per heavy atom. The third-order valence-electron chi connectivity index (χ3n) is 2.26. The van der Waals surface area contributed by atoms with Crippen molar-refractivity contribution in [3.63, 3.8) is 0 Å². The lowest BCUT2D eigenvalue weighted by molar-refractivity contribution is 0.481. The monoisotopic (exact) mass is 202 g/mol. The van der Waals surface area contributed by atoms with E-state index in [-0.39, 0.29) is 5.75 Å². The molecule has 14 heavy (non-hydrogen) atoms. The summed E-state index contributed by atoms with van der Waals surface area (Å²) in [5.41, 5.74) is 1.75. The van der Waals surface area contributed by atoms with E-state index in [2.05, 4.69) is 8.73 Å². The number of phenols is 1. The fourth-order valence-electron chi connectivity index (χ4n) is 1.59. The molecule has 1 aliphatic rings. The van der Waals surface area contributed by atoms with Crippen LogP contribution in [-0.4, -0.2) is 5.11 Å². The largest absolute Gasteiger partial charge is 0.507 e. The van der Waals surface area contributed by atoms with Crippen LogP contribution >= 0.6 is 0 Å². The Hall–Kier alpha value is -1.68.